The molecule has 1 aliphatic rings. The van der Waals surface area contributed by atoms with Gasteiger partial charge < -0.3 is 10.0 Å². The molecule has 28 heavy (non-hydrogen) atoms. The number of carbonyl (C=O) groups excluding carboxylic acids is 1. The lowest BCUT2D eigenvalue weighted by Gasteiger charge is -2.32. The number of hydrogen-bond donors (Lipinski definition) is 1. The van der Waals surface area contributed by atoms with Crippen molar-refractivity contribution < 1.29 is 23.1 Å². The first-order chi connectivity index (χ1) is 13.3. The van der Waals surface area contributed by atoms with E-state index >= 15 is 0 Å². The third kappa shape index (κ3) is 3.93. The Morgan fingerprint density at radius 2 is 1.57 bits per heavy atom. The fourth-order valence-corrected chi connectivity index (χ4v) is 4.91. The van der Waals surface area contributed by atoms with Crippen LogP contribution in [0.2, 0.25) is 0 Å². The summed E-state index contributed by atoms with van der Waals surface area (Å²) in [7, 11) is -2.02. The maximum atomic E-state index is 12.9. The largest absolute Gasteiger partial charge is 0.478 e. The van der Waals surface area contributed by atoms with Crippen molar-refractivity contribution in [1.29, 1.82) is 0 Å². The summed E-state index contributed by atoms with van der Waals surface area (Å²) < 4.78 is 26.8. The molecule has 0 aliphatic carbocycles. The van der Waals surface area contributed by atoms with Crippen LogP contribution in [0.5, 0.6) is 0 Å². The van der Waals surface area contributed by atoms with E-state index in [1.165, 1.54) is 15.3 Å². The van der Waals surface area contributed by atoms with E-state index < -0.39 is 16.0 Å². The van der Waals surface area contributed by atoms with Crippen LogP contribution in [0.15, 0.2) is 59.5 Å². The van der Waals surface area contributed by atoms with Crippen molar-refractivity contribution >= 4 is 27.6 Å². The van der Waals surface area contributed by atoms with E-state index in [-0.39, 0.29) is 35.4 Å². The summed E-state index contributed by atoms with van der Waals surface area (Å²) in [5.74, 6) is -1.65. The minimum Gasteiger partial charge on any atom is -0.478 e. The zero-order valence-corrected chi connectivity index (χ0v) is 16.3. The minimum atomic E-state index is -3.57. The Kier molecular flexibility index (Phi) is 5.81. The van der Waals surface area contributed by atoms with Crippen molar-refractivity contribution in [3.05, 3.63) is 60.2 Å². The van der Waals surface area contributed by atoms with Gasteiger partial charge in [-0.1, -0.05) is 30.3 Å². The van der Waals surface area contributed by atoms with Gasteiger partial charge in [-0.05, 0) is 37.1 Å². The highest BCUT2D eigenvalue weighted by Crippen LogP contribution is 2.27. The van der Waals surface area contributed by atoms with Crippen molar-refractivity contribution in [1.82, 2.24) is 4.31 Å². The van der Waals surface area contributed by atoms with Gasteiger partial charge in [-0.2, -0.15) is 4.31 Å². The number of nitrogens with zero attached hydrogens (tertiary/aromatic N) is 2. The van der Waals surface area contributed by atoms with Gasteiger partial charge in [-0.3, -0.25) is 4.79 Å². The molecule has 148 valence electrons. The Balaban J connectivity index is 1.70. The number of amides is 1. The first-order valence-corrected chi connectivity index (χ1v) is 10.4. The van der Waals surface area contributed by atoms with E-state index in [1.807, 2.05) is 0 Å². The molecule has 0 radical (unpaired) electrons. The van der Waals surface area contributed by atoms with Crippen LogP contribution in [0.1, 0.15) is 23.2 Å². The molecule has 0 atom stereocenters. The van der Waals surface area contributed by atoms with Crippen molar-refractivity contribution in [3.8, 4) is 0 Å². The van der Waals surface area contributed by atoms with E-state index in [0.29, 0.717) is 18.5 Å². The number of aromatic carboxylic acids is 1. The van der Waals surface area contributed by atoms with E-state index in [0.717, 1.165) is 0 Å². The molecule has 8 heteroatoms. The van der Waals surface area contributed by atoms with Gasteiger partial charge in [-0.15, -0.1) is 0 Å². The van der Waals surface area contributed by atoms with Crippen LogP contribution >= 0.6 is 0 Å². The molecule has 1 fully saturated rings. The van der Waals surface area contributed by atoms with Crippen LogP contribution in [0, 0.1) is 5.92 Å². The van der Waals surface area contributed by atoms with Gasteiger partial charge in [0.2, 0.25) is 15.9 Å². The number of rotatable bonds is 5. The van der Waals surface area contributed by atoms with Crippen molar-refractivity contribution in [3.63, 3.8) is 0 Å². The lowest BCUT2D eigenvalue weighted by molar-refractivity contribution is -0.123. The number of carbonyl (C=O) groups is 2. The quantitative estimate of drug-likeness (QED) is 0.829. The highest BCUT2D eigenvalue weighted by Gasteiger charge is 2.33. The Bertz CT molecular complexity index is 967. The molecule has 2 aromatic rings. The van der Waals surface area contributed by atoms with E-state index in [9.17, 15) is 23.1 Å². The number of carboxylic acid groups (broad SMARTS) is 1. The highest BCUT2D eigenvalue weighted by molar-refractivity contribution is 7.89. The molecule has 0 bridgehead atoms. The van der Waals surface area contributed by atoms with Gasteiger partial charge >= 0.3 is 5.97 Å². The fourth-order valence-electron chi connectivity index (χ4n) is 3.42. The highest BCUT2D eigenvalue weighted by atomic mass is 32.2. The summed E-state index contributed by atoms with van der Waals surface area (Å²) in [6.07, 6.45) is 0.787. The monoisotopic (exact) mass is 402 g/mol. The van der Waals surface area contributed by atoms with Gasteiger partial charge in [0.15, 0.2) is 0 Å². The molecule has 1 amide bonds. The Morgan fingerprint density at radius 3 is 2.18 bits per heavy atom. The number of sulfonamides is 1. The van der Waals surface area contributed by atoms with Gasteiger partial charge in [-0.25, -0.2) is 13.2 Å². The average molecular weight is 402 g/mol. The maximum absolute atomic E-state index is 12.9. The van der Waals surface area contributed by atoms with E-state index in [1.54, 1.807) is 55.6 Å². The number of anilines is 1. The molecule has 2 aromatic carbocycles. The van der Waals surface area contributed by atoms with Gasteiger partial charge in [0.05, 0.1) is 16.1 Å². The van der Waals surface area contributed by atoms with Crippen LogP contribution in [0.3, 0.4) is 0 Å². The third-order valence-electron chi connectivity index (χ3n) is 5.01. The molecule has 1 N–H and O–H groups in total. The zero-order chi connectivity index (χ0) is 20.3. The van der Waals surface area contributed by atoms with Gasteiger partial charge in [0.25, 0.3) is 0 Å². The standard InChI is InChI=1S/C20H22N2O5S/c1-21(18-10-6-5-9-17(18)20(24)25)19(23)15-11-13-22(14-12-15)28(26,27)16-7-3-2-4-8-16/h2-10,15H,11-14H2,1H3,(H,24,25). The normalized spacial score (nSPS) is 15.9. The summed E-state index contributed by atoms with van der Waals surface area (Å²) in [4.78, 5) is 25.9. The molecule has 0 saturated carbocycles. The summed E-state index contributed by atoms with van der Waals surface area (Å²) in [5.41, 5.74) is 0.391. The zero-order valence-electron chi connectivity index (χ0n) is 15.5. The lowest BCUT2D eigenvalue weighted by atomic mass is 9.96. The van der Waals surface area contributed by atoms with Gasteiger partial charge in [0.1, 0.15) is 0 Å². The predicted molar refractivity (Wildman–Crippen MR) is 105 cm³/mol. The second kappa shape index (κ2) is 8.12. The number of hydrogen-bond acceptors (Lipinski definition) is 4. The van der Waals surface area contributed by atoms with Crippen LogP contribution in [-0.2, 0) is 14.8 Å². The third-order valence-corrected chi connectivity index (χ3v) is 6.92. The topological polar surface area (TPSA) is 95.0 Å². The molecule has 1 heterocycles. The number of para-hydroxylation sites is 1. The van der Waals surface area contributed by atoms with Crippen molar-refractivity contribution in [2.75, 3.05) is 25.0 Å². The van der Waals surface area contributed by atoms with Gasteiger partial charge in [0, 0.05) is 26.1 Å². The second-order valence-corrected chi connectivity index (χ2v) is 8.65. The van der Waals surface area contributed by atoms with E-state index in [4.69, 9.17) is 0 Å². The maximum Gasteiger partial charge on any atom is 0.337 e. The molecule has 7 nitrogen and oxygen atoms in total. The molecule has 0 aromatic heterocycles. The second-order valence-electron chi connectivity index (χ2n) is 6.71. The minimum absolute atomic E-state index is 0.0578. The molecule has 3 rings (SSSR count). The number of piperidine rings is 1. The summed E-state index contributed by atoms with van der Waals surface area (Å²) in [6.45, 7) is 0.504. The first-order valence-electron chi connectivity index (χ1n) is 8.97. The summed E-state index contributed by atoms with van der Waals surface area (Å²) in [5, 5.41) is 9.33. The first kappa shape index (κ1) is 20.0. The van der Waals surface area contributed by atoms with Crippen LogP contribution in [0.4, 0.5) is 5.69 Å². The summed E-state index contributed by atoms with van der Waals surface area (Å²) >= 11 is 0. The smallest absolute Gasteiger partial charge is 0.337 e. The Hall–Kier alpha value is -2.71. The molecular weight excluding hydrogens is 380 g/mol. The molecular formula is C20H22N2O5S. The Morgan fingerprint density at radius 1 is 1.00 bits per heavy atom. The number of benzene rings is 2. The lowest BCUT2D eigenvalue weighted by Crippen LogP contribution is -2.43. The van der Waals surface area contributed by atoms with E-state index in [2.05, 4.69) is 0 Å². The van der Waals surface area contributed by atoms with Crippen LogP contribution < -0.4 is 4.90 Å². The molecule has 0 unspecified atom stereocenters. The fraction of sp³-hybridized carbons (Fsp3) is 0.300. The molecule has 1 saturated heterocycles. The SMILES string of the molecule is CN(C(=O)C1CCN(S(=O)(=O)c2ccccc2)CC1)c1ccccc1C(=O)O. The summed E-state index contributed by atoms with van der Waals surface area (Å²) in [6, 6.07) is 14.6. The van der Waals surface area contributed by atoms with Crippen LogP contribution in [0.25, 0.3) is 0 Å². The molecule has 1 aliphatic heterocycles. The van der Waals surface area contributed by atoms with Crippen molar-refractivity contribution in [2.24, 2.45) is 5.92 Å². The predicted octanol–water partition coefficient (Wildman–Crippen LogP) is 2.45. The Labute approximate surface area is 164 Å². The number of carboxylic acids is 1. The van der Waals surface area contributed by atoms with Crippen LogP contribution in [-0.4, -0.2) is 49.8 Å². The molecule has 0 spiro atoms. The van der Waals surface area contributed by atoms with Crippen molar-refractivity contribution in [2.45, 2.75) is 17.7 Å². The average Bonchev–Trinajstić information content (AvgIpc) is 2.73.